The lowest BCUT2D eigenvalue weighted by molar-refractivity contribution is 0.139. The molecule has 0 spiro atoms. The summed E-state index contributed by atoms with van der Waals surface area (Å²) < 4.78 is 16.4. The Bertz CT molecular complexity index is 500. The van der Waals surface area contributed by atoms with Crippen LogP contribution in [0.15, 0.2) is 36.5 Å². The smallest absolute Gasteiger partial charge is 0.372 e. The molecule has 0 aliphatic heterocycles. The maximum atomic E-state index is 5.46. The summed E-state index contributed by atoms with van der Waals surface area (Å²) >= 11 is 0. The largest absolute Gasteiger partial charge is 0.556 e. The highest BCUT2D eigenvalue weighted by molar-refractivity contribution is 6.76. The van der Waals surface area contributed by atoms with Crippen LogP contribution >= 0.6 is 0 Å². The van der Waals surface area contributed by atoms with Crippen LogP contribution in [0.3, 0.4) is 0 Å². The lowest BCUT2D eigenvalue weighted by Gasteiger charge is -2.24. The summed E-state index contributed by atoms with van der Waals surface area (Å²) in [7, 11) is 1.89. The van der Waals surface area contributed by atoms with Crippen molar-refractivity contribution < 1.29 is 13.3 Å². The zero-order chi connectivity index (χ0) is 12.3. The van der Waals surface area contributed by atoms with E-state index in [1.165, 1.54) is 0 Å². The third-order valence-electron chi connectivity index (χ3n) is 2.77. The topological polar surface area (TPSA) is 40.6 Å². The SMILES string of the molecule is CO[Si](OC)(OC)c1nccc2ccccc12. The summed E-state index contributed by atoms with van der Waals surface area (Å²) in [6, 6.07) is 9.94. The van der Waals surface area contributed by atoms with E-state index in [1.54, 1.807) is 27.5 Å². The minimum atomic E-state index is -2.87. The molecule has 0 N–H and O–H groups in total. The Morgan fingerprint density at radius 3 is 2.24 bits per heavy atom. The number of pyridine rings is 1. The van der Waals surface area contributed by atoms with Gasteiger partial charge in [-0.2, -0.15) is 0 Å². The Morgan fingerprint density at radius 2 is 1.59 bits per heavy atom. The molecule has 1 heterocycles. The van der Waals surface area contributed by atoms with E-state index in [-0.39, 0.29) is 0 Å². The van der Waals surface area contributed by atoms with Gasteiger partial charge in [-0.25, -0.2) is 0 Å². The maximum Gasteiger partial charge on any atom is 0.556 e. The van der Waals surface area contributed by atoms with E-state index in [0.29, 0.717) is 0 Å². The van der Waals surface area contributed by atoms with Crippen LogP contribution in [0.4, 0.5) is 0 Å². The van der Waals surface area contributed by atoms with Crippen LogP contribution in [0.25, 0.3) is 10.8 Å². The van der Waals surface area contributed by atoms with Gasteiger partial charge in [0.2, 0.25) is 0 Å². The van der Waals surface area contributed by atoms with Gasteiger partial charge in [-0.3, -0.25) is 4.98 Å². The zero-order valence-corrected chi connectivity index (χ0v) is 11.1. The predicted molar refractivity (Wildman–Crippen MR) is 68.2 cm³/mol. The fraction of sp³-hybridized carbons (Fsp3) is 0.250. The number of fused-ring (bicyclic) bond motifs is 1. The molecule has 1 aromatic heterocycles. The highest BCUT2D eigenvalue weighted by atomic mass is 28.4. The molecule has 4 nitrogen and oxygen atoms in total. The van der Waals surface area contributed by atoms with Crippen LogP contribution in [0.1, 0.15) is 0 Å². The average Bonchev–Trinajstić information content (AvgIpc) is 2.41. The average molecular weight is 249 g/mol. The molecule has 2 rings (SSSR count). The van der Waals surface area contributed by atoms with Crippen molar-refractivity contribution in [3.63, 3.8) is 0 Å². The summed E-state index contributed by atoms with van der Waals surface area (Å²) in [4.78, 5) is 4.38. The van der Waals surface area contributed by atoms with Crippen molar-refractivity contribution in [1.29, 1.82) is 0 Å². The molecule has 0 atom stereocenters. The first kappa shape index (κ1) is 12.2. The molecular formula is C12H15NO3Si. The molecule has 2 aromatic rings. The number of benzene rings is 1. The van der Waals surface area contributed by atoms with E-state index in [2.05, 4.69) is 4.98 Å². The van der Waals surface area contributed by atoms with Gasteiger partial charge in [0.15, 0.2) is 0 Å². The third kappa shape index (κ3) is 1.98. The van der Waals surface area contributed by atoms with Gasteiger partial charge in [0, 0.05) is 32.9 Å². The number of hydrogen-bond donors (Lipinski definition) is 0. The molecule has 0 saturated heterocycles. The van der Waals surface area contributed by atoms with Crippen LogP contribution < -0.4 is 5.32 Å². The van der Waals surface area contributed by atoms with Gasteiger partial charge in [0.25, 0.3) is 0 Å². The van der Waals surface area contributed by atoms with Gasteiger partial charge >= 0.3 is 8.80 Å². The first-order valence-electron chi connectivity index (χ1n) is 5.27. The maximum absolute atomic E-state index is 5.46. The minimum absolute atomic E-state index is 0.753. The molecule has 0 aliphatic carbocycles. The lowest BCUT2D eigenvalue weighted by atomic mass is 10.2. The molecule has 17 heavy (non-hydrogen) atoms. The molecule has 0 radical (unpaired) electrons. The highest BCUT2D eigenvalue weighted by Gasteiger charge is 2.43. The molecule has 0 aliphatic rings. The van der Waals surface area contributed by atoms with Crippen molar-refractivity contribution in [2.75, 3.05) is 21.3 Å². The van der Waals surface area contributed by atoms with Gasteiger partial charge in [0.1, 0.15) is 5.32 Å². The molecule has 0 bridgehead atoms. The summed E-state index contributed by atoms with van der Waals surface area (Å²) in [6.07, 6.45) is 1.75. The quantitative estimate of drug-likeness (QED) is 0.766. The van der Waals surface area contributed by atoms with Gasteiger partial charge in [-0.1, -0.05) is 24.3 Å². The zero-order valence-electron chi connectivity index (χ0n) is 10.1. The Morgan fingerprint density at radius 1 is 0.941 bits per heavy atom. The number of hydrogen-bond acceptors (Lipinski definition) is 4. The van der Waals surface area contributed by atoms with Gasteiger partial charge < -0.3 is 13.3 Å². The Hall–Kier alpha value is -1.27. The van der Waals surface area contributed by atoms with Gasteiger partial charge in [0.05, 0.1) is 0 Å². The van der Waals surface area contributed by atoms with E-state index in [0.717, 1.165) is 16.1 Å². The van der Waals surface area contributed by atoms with E-state index in [9.17, 15) is 0 Å². The molecule has 90 valence electrons. The van der Waals surface area contributed by atoms with Gasteiger partial charge in [-0.05, 0) is 11.5 Å². The van der Waals surface area contributed by atoms with E-state index >= 15 is 0 Å². The highest BCUT2D eigenvalue weighted by Crippen LogP contribution is 2.15. The summed E-state index contributed by atoms with van der Waals surface area (Å²) in [6.45, 7) is 0. The number of nitrogens with zero attached hydrogens (tertiary/aromatic N) is 1. The van der Waals surface area contributed by atoms with Crippen molar-refractivity contribution >= 4 is 24.9 Å². The Balaban J connectivity index is 2.69. The van der Waals surface area contributed by atoms with E-state index < -0.39 is 8.80 Å². The first-order valence-corrected chi connectivity index (χ1v) is 6.99. The van der Waals surface area contributed by atoms with Crippen molar-refractivity contribution in [3.8, 4) is 0 Å². The third-order valence-corrected chi connectivity index (χ3v) is 5.36. The summed E-state index contributed by atoms with van der Waals surface area (Å²) in [5.41, 5.74) is 0. The predicted octanol–water partition coefficient (Wildman–Crippen LogP) is 1.32. The lowest BCUT2D eigenvalue weighted by Crippen LogP contribution is -2.56. The fourth-order valence-corrected chi connectivity index (χ4v) is 3.77. The molecule has 0 unspecified atom stereocenters. The van der Waals surface area contributed by atoms with Gasteiger partial charge in [-0.15, -0.1) is 0 Å². The van der Waals surface area contributed by atoms with Crippen LogP contribution in [0.5, 0.6) is 0 Å². The molecule has 0 fully saturated rings. The molecule has 0 amide bonds. The van der Waals surface area contributed by atoms with Crippen molar-refractivity contribution in [2.45, 2.75) is 0 Å². The van der Waals surface area contributed by atoms with Crippen molar-refractivity contribution in [1.82, 2.24) is 4.98 Å². The molecule has 0 saturated carbocycles. The van der Waals surface area contributed by atoms with Crippen molar-refractivity contribution in [3.05, 3.63) is 36.5 Å². The number of aromatic nitrogens is 1. The molecule has 5 heteroatoms. The Labute approximate surface area is 102 Å². The standard InChI is InChI=1S/C12H15NO3Si/c1-14-17(15-2,16-3)12-11-7-5-4-6-10(11)8-9-13-12/h4-9H,1-3H3. The second-order valence-electron chi connectivity index (χ2n) is 3.55. The van der Waals surface area contributed by atoms with E-state index in [1.807, 2.05) is 30.3 Å². The van der Waals surface area contributed by atoms with Crippen LogP contribution in [0, 0.1) is 0 Å². The Kier molecular flexibility index (Phi) is 3.53. The summed E-state index contributed by atoms with van der Waals surface area (Å²) in [5.74, 6) is 0. The van der Waals surface area contributed by atoms with E-state index in [4.69, 9.17) is 13.3 Å². The minimum Gasteiger partial charge on any atom is -0.372 e. The normalized spacial score (nSPS) is 11.9. The second kappa shape index (κ2) is 4.93. The summed E-state index contributed by atoms with van der Waals surface area (Å²) in [5, 5.41) is 2.86. The fourth-order valence-electron chi connectivity index (χ4n) is 1.90. The van der Waals surface area contributed by atoms with Crippen LogP contribution in [0.2, 0.25) is 0 Å². The second-order valence-corrected chi connectivity index (χ2v) is 6.36. The van der Waals surface area contributed by atoms with Crippen LogP contribution in [-0.4, -0.2) is 35.1 Å². The first-order chi connectivity index (χ1) is 8.27. The monoisotopic (exact) mass is 249 g/mol. The van der Waals surface area contributed by atoms with Crippen LogP contribution in [-0.2, 0) is 13.3 Å². The van der Waals surface area contributed by atoms with Crippen molar-refractivity contribution in [2.24, 2.45) is 0 Å². The number of rotatable bonds is 4. The molecular weight excluding hydrogens is 234 g/mol. The molecule has 1 aromatic carbocycles.